The zero-order chi connectivity index (χ0) is 20.6. The van der Waals surface area contributed by atoms with Crippen LogP contribution < -0.4 is 0 Å². The van der Waals surface area contributed by atoms with Crippen molar-refractivity contribution >= 4 is 12.0 Å². The van der Waals surface area contributed by atoms with Crippen molar-refractivity contribution in [1.82, 2.24) is 14.7 Å². The van der Waals surface area contributed by atoms with Crippen molar-refractivity contribution in [2.45, 2.75) is 33.6 Å². The summed E-state index contributed by atoms with van der Waals surface area (Å²) >= 11 is 0. The number of rotatable bonds is 8. The highest BCUT2D eigenvalue weighted by Crippen LogP contribution is 2.25. The Hall–Kier alpha value is -3.14. The molecule has 0 radical (unpaired) electrons. The Bertz CT molecular complexity index is 955. The summed E-state index contributed by atoms with van der Waals surface area (Å²) in [5.74, 6) is 0.0447. The molecule has 3 aromatic rings. The molecule has 0 aliphatic heterocycles. The fraction of sp³-hybridized carbons (Fsp3) is 0.280. The van der Waals surface area contributed by atoms with Crippen LogP contribution in [0.4, 0.5) is 0 Å². The average molecular weight is 388 g/mol. The molecule has 0 fully saturated rings. The molecule has 0 saturated carbocycles. The van der Waals surface area contributed by atoms with Gasteiger partial charge in [0.2, 0.25) is 5.91 Å². The number of hydrogen-bond acceptors (Lipinski definition) is 2. The third-order valence-electron chi connectivity index (χ3n) is 4.97. The largest absolute Gasteiger partial charge is 0.339 e. The van der Waals surface area contributed by atoms with Crippen molar-refractivity contribution in [3.05, 3.63) is 78.0 Å². The number of aromatic nitrogens is 2. The number of nitrogens with zero attached hydrogens (tertiary/aromatic N) is 3. The van der Waals surface area contributed by atoms with Crippen LogP contribution in [0.2, 0.25) is 0 Å². The van der Waals surface area contributed by atoms with Crippen LogP contribution in [0.5, 0.6) is 0 Å². The van der Waals surface area contributed by atoms with Crippen LogP contribution in [0.3, 0.4) is 0 Å². The van der Waals surface area contributed by atoms with E-state index in [4.69, 9.17) is 5.10 Å². The zero-order valence-corrected chi connectivity index (χ0v) is 17.5. The van der Waals surface area contributed by atoms with Gasteiger partial charge in [-0.25, -0.2) is 4.68 Å². The first kappa shape index (κ1) is 20.6. The van der Waals surface area contributed by atoms with E-state index in [1.54, 1.807) is 6.08 Å². The molecule has 0 aliphatic rings. The van der Waals surface area contributed by atoms with Gasteiger partial charge in [0.1, 0.15) is 0 Å². The Morgan fingerprint density at radius 1 is 1.07 bits per heavy atom. The molecular weight excluding hydrogens is 358 g/mol. The van der Waals surface area contributed by atoms with Gasteiger partial charge < -0.3 is 4.90 Å². The van der Waals surface area contributed by atoms with Crippen molar-refractivity contribution in [3.8, 4) is 16.9 Å². The van der Waals surface area contributed by atoms with Crippen molar-refractivity contribution in [1.29, 1.82) is 0 Å². The smallest absolute Gasteiger partial charge is 0.246 e. The quantitative estimate of drug-likeness (QED) is 0.478. The average Bonchev–Trinajstić information content (AvgIpc) is 3.18. The van der Waals surface area contributed by atoms with Gasteiger partial charge in [0.15, 0.2) is 0 Å². The number of unbranched alkanes of at least 4 members (excludes halogenated alkanes) is 1. The zero-order valence-electron chi connectivity index (χ0n) is 17.5. The molecule has 1 aromatic heterocycles. The molecule has 4 nitrogen and oxygen atoms in total. The van der Waals surface area contributed by atoms with Gasteiger partial charge in [-0.05, 0) is 38.5 Å². The van der Waals surface area contributed by atoms with Gasteiger partial charge in [-0.15, -0.1) is 0 Å². The maximum Gasteiger partial charge on any atom is 0.246 e. The highest BCUT2D eigenvalue weighted by Gasteiger charge is 2.12. The Morgan fingerprint density at radius 2 is 1.79 bits per heavy atom. The third kappa shape index (κ3) is 5.23. The SMILES string of the molecule is CCCCN(CC)C(=O)/C=C\c1cn(-c2ccccc2)nc1-c1ccc(C)cc1. The molecule has 4 heteroatoms. The number of hydrogen-bond donors (Lipinski definition) is 0. The van der Waals surface area contributed by atoms with Crippen LogP contribution in [-0.2, 0) is 4.79 Å². The number of benzene rings is 2. The number of para-hydroxylation sites is 1. The molecule has 1 heterocycles. The highest BCUT2D eigenvalue weighted by atomic mass is 16.2. The maximum absolute atomic E-state index is 12.6. The third-order valence-corrected chi connectivity index (χ3v) is 4.97. The minimum absolute atomic E-state index is 0.0447. The van der Waals surface area contributed by atoms with Gasteiger partial charge in [-0.2, -0.15) is 5.10 Å². The van der Waals surface area contributed by atoms with Crippen molar-refractivity contribution in [3.63, 3.8) is 0 Å². The lowest BCUT2D eigenvalue weighted by molar-refractivity contribution is -0.125. The second-order valence-corrected chi connectivity index (χ2v) is 7.18. The van der Waals surface area contributed by atoms with Crippen molar-refractivity contribution in [2.75, 3.05) is 13.1 Å². The van der Waals surface area contributed by atoms with E-state index in [2.05, 4.69) is 38.1 Å². The summed E-state index contributed by atoms with van der Waals surface area (Å²) < 4.78 is 1.87. The van der Waals surface area contributed by atoms with Crippen molar-refractivity contribution in [2.24, 2.45) is 0 Å². The molecule has 150 valence electrons. The predicted octanol–water partition coefficient (Wildman–Crippen LogP) is 5.51. The molecule has 0 bridgehead atoms. The number of amides is 1. The second kappa shape index (κ2) is 9.87. The number of carbonyl (C=O) groups is 1. The lowest BCUT2D eigenvalue weighted by Crippen LogP contribution is -2.30. The summed E-state index contributed by atoms with van der Waals surface area (Å²) in [6.45, 7) is 7.75. The number of likely N-dealkylation sites (N-methyl/N-ethyl adjacent to an activating group) is 1. The molecule has 0 aliphatic carbocycles. The fourth-order valence-corrected chi connectivity index (χ4v) is 3.20. The van der Waals surface area contributed by atoms with Crippen LogP contribution in [0.25, 0.3) is 23.0 Å². The van der Waals surface area contributed by atoms with E-state index in [0.717, 1.165) is 48.4 Å². The molecule has 3 rings (SSSR count). The number of aryl methyl sites for hydroxylation is 1. The summed E-state index contributed by atoms with van der Waals surface area (Å²) in [4.78, 5) is 14.5. The van der Waals surface area contributed by atoms with Crippen LogP contribution in [-0.4, -0.2) is 33.7 Å². The molecule has 0 spiro atoms. The fourth-order valence-electron chi connectivity index (χ4n) is 3.20. The summed E-state index contributed by atoms with van der Waals surface area (Å²) in [5, 5.41) is 4.81. The Labute approximate surface area is 173 Å². The van der Waals surface area contributed by atoms with Crippen molar-refractivity contribution < 1.29 is 4.79 Å². The molecule has 0 saturated heterocycles. The topological polar surface area (TPSA) is 38.1 Å². The first-order valence-corrected chi connectivity index (χ1v) is 10.3. The molecule has 29 heavy (non-hydrogen) atoms. The second-order valence-electron chi connectivity index (χ2n) is 7.18. The van der Waals surface area contributed by atoms with E-state index in [0.29, 0.717) is 0 Å². The first-order valence-electron chi connectivity index (χ1n) is 10.3. The monoisotopic (exact) mass is 387 g/mol. The van der Waals surface area contributed by atoms with E-state index in [-0.39, 0.29) is 5.91 Å². The van der Waals surface area contributed by atoms with E-state index >= 15 is 0 Å². The van der Waals surface area contributed by atoms with Gasteiger partial charge in [0.25, 0.3) is 0 Å². The minimum atomic E-state index is 0.0447. The van der Waals surface area contributed by atoms with Gasteiger partial charge in [-0.1, -0.05) is 61.4 Å². The van der Waals surface area contributed by atoms with Gasteiger partial charge in [0, 0.05) is 36.5 Å². The summed E-state index contributed by atoms with van der Waals surface area (Å²) in [6.07, 6.45) is 7.64. The van der Waals surface area contributed by atoms with Gasteiger partial charge >= 0.3 is 0 Å². The van der Waals surface area contributed by atoms with Gasteiger partial charge in [-0.3, -0.25) is 4.79 Å². The van der Waals surface area contributed by atoms with Crippen LogP contribution in [0.15, 0.2) is 66.9 Å². The summed E-state index contributed by atoms with van der Waals surface area (Å²) in [6, 6.07) is 18.3. The lowest BCUT2D eigenvalue weighted by Gasteiger charge is -2.18. The van der Waals surface area contributed by atoms with Crippen LogP contribution in [0.1, 0.15) is 37.8 Å². The lowest BCUT2D eigenvalue weighted by atomic mass is 10.1. The van der Waals surface area contributed by atoms with E-state index in [1.165, 1.54) is 5.56 Å². The predicted molar refractivity (Wildman–Crippen MR) is 120 cm³/mol. The Morgan fingerprint density at radius 3 is 2.45 bits per heavy atom. The Balaban J connectivity index is 1.94. The van der Waals surface area contributed by atoms with Gasteiger partial charge in [0.05, 0.1) is 11.4 Å². The number of carbonyl (C=O) groups excluding carboxylic acids is 1. The molecule has 2 aromatic carbocycles. The standard InChI is InChI=1S/C25H29N3O/c1-4-6-18-27(5-2)24(29)17-16-22-19-28(23-10-8-7-9-11-23)26-25(22)21-14-12-20(3)13-15-21/h7-17,19H,4-6,18H2,1-3H3/b17-16-. The molecule has 1 amide bonds. The summed E-state index contributed by atoms with van der Waals surface area (Å²) in [5.41, 5.74) is 5.03. The maximum atomic E-state index is 12.6. The Kier molecular flexibility index (Phi) is 7.01. The molecule has 0 unspecified atom stereocenters. The van der Waals surface area contributed by atoms with Crippen LogP contribution in [0, 0.1) is 6.92 Å². The van der Waals surface area contributed by atoms with E-state index in [1.807, 2.05) is 59.1 Å². The minimum Gasteiger partial charge on any atom is -0.339 e. The first-order chi connectivity index (χ1) is 14.1. The summed E-state index contributed by atoms with van der Waals surface area (Å²) in [7, 11) is 0. The highest BCUT2D eigenvalue weighted by molar-refractivity contribution is 5.92. The van der Waals surface area contributed by atoms with Crippen LogP contribution >= 0.6 is 0 Å². The normalized spacial score (nSPS) is 11.1. The van der Waals surface area contributed by atoms with E-state index in [9.17, 15) is 4.79 Å². The molecule has 0 atom stereocenters. The molecular formula is C25H29N3O. The van der Waals surface area contributed by atoms with E-state index < -0.39 is 0 Å². The molecule has 0 N–H and O–H groups in total.